The van der Waals surface area contributed by atoms with Crippen LogP contribution in [0.1, 0.15) is 11.7 Å². The lowest BCUT2D eigenvalue weighted by Gasteiger charge is -2.16. The molecule has 1 atom stereocenters. The molecule has 0 fully saturated rings. The fourth-order valence-corrected chi connectivity index (χ4v) is 1.57. The van der Waals surface area contributed by atoms with E-state index in [0.717, 1.165) is 5.56 Å². The number of carbonyl (C=O) groups is 1. The minimum Gasteiger partial charge on any atom is -0.439 e. The molecule has 2 aromatic rings. The summed E-state index contributed by atoms with van der Waals surface area (Å²) >= 11 is 5.79. The molecule has 0 bridgehead atoms. The Labute approximate surface area is 107 Å². The molecule has 0 aliphatic carbocycles. The van der Waals surface area contributed by atoms with Crippen LogP contribution in [0, 0.1) is 0 Å². The molecule has 0 radical (unpaired) electrons. The standard InChI is InChI=1S/C10H10ClN5O2/c11-8-3-1-7(2-4-8)9(18-10(12)17)5-16-14-6-13-15-16/h1-4,6,9H,5H2,(H2,12,17)/t9-/m0/s1. The molecular weight excluding hydrogens is 258 g/mol. The second-order valence-electron chi connectivity index (χ2n) is 3.47. The summed E-state index contributed by atoms with van der Waals surface area (Å²) in [4.78, 5) is 12.2. The molecule has 8 heteroatoms. The molecule has 2 rings (SSSR count). The largest absolute Gasteiger partial charge is 0.439 e. The summed E-state index contributed by atoms with van der Waals surface area (Å²) in [5, 5.41) is 11.7. The smallest absolute Gasteiger partial charge is 0.405 e. The van der Waals surface area contributed by atoms with Gasteiger partial charge in [-0.25, -0.2) is 4.79 Å². The highest BCUT2D eigenvalue weighted by molar-refractivity contribution is 6.30. The predicted molar refractivity (Wildman–Crippen MR) is 62.7 cm³/mol. The van der Waals surface area contributed by atoms with Crippen LogP contribution in [0.25, 0.3) is 0 Å². The van der Waals surface area contributed by atoms with E-state index in [1.165, 1.54) is 11.1 Å². The predicted octanol–water partition coefficient (Wildman–Crippen LogP) is 1.16. The van der Waals surface area contributed by atoms with Gasteiger partial charge in [-0.15, -0.1) is 10.2 Å². The highest BCUT2D eigenvalue weighted by Crippen LogP contribution is 2.21. The van der Waals surface area contributed by atoms with Gasteiger partial charge >= 0.3 is 6.09 Å². The van der Waals surface area contributed by atoms with Crippen LogP contribution in [0.15, 0.2) is 30.6 Å². The number of aromatic nitrogens is 4. The van der Waals surface area contributed by atoms with Crippen molar-refractivity contribution >= 4 is 17.7 Å². The number of carbonyl (C=O) groups excluding carboxylic acids is 1. The molecule has 1 amide bonds. The van der Waals surface area contributed by atoms with Crippen LogP contribution in [-0.2, 0) is 11.3 Å². The van der Waals surface area contributed by atoms with E-state index in [4.69, 9.17) is 22.1 Å². The van der Waals surface area contributed by atoms with E-state index >= 15 is 0 Å². The molecule has 1 aromatic carbocycles. The molecule has 0 spiro atoms. The third-order valence-corrected chi connectivity index (χ3v) is 2.47. The van der Waals surface area contributed by atoms with Gasteiger partial charge in [0.05, 0.1) is 0 Å². The summed E-state index contributed by atoms with van der Waals surface area (Å²) in [7, 11) is 0. The average molecular weight is 268 g/mol. The fourth-order valence-electron chi connectivity index (χ4n) is 1.45. The molecule has 1 aromatic heterocycles. The lowest BCUT2D eigenvalue weighted by atomic mass is 10.1. The first-order chi connectivity index (χ1) is 8.65. The summed E-state index contributed by atoms with van der Waals surface area (Å²) in [5.41, 5.74) is 5.78. The number of nitrogens with zero attached hydrogens (tertiary/aromatic N) is 4. The quantitative estimate of drug-likeness (QED) is 0.897. The first-order valence-electron chi connectivity index (χ1n) is 5.07. The van der Waals surface area contributed by atoms with Crippen LogP contribution >= 0.6 is 11.6 Å². The van der Waals surface area contributed by atoms with Crippen molar-refractivity contribution in [2.24, 2.45) is 5.73 Å². The topological polar surface area (TPSA) is 95.9 Å². The number of amides is 1. The van der Waals surface area contributed by atoms with Crippen LogP contribution in [0.5, 0.6) is 0 Å². The Hall–Kier alpha value is -2.15. The molecule has 94 valence electrons. The van der Waals surface area contributed by atoms with Crippen molar-refractivity contribution in [3.63, 3.8) is 0 Å². The summed E-state index contributed by atoms with van der Waals surface area (Å²) in [5.74, 6) is 0. The van der Waals surface area contributed by atoms with Gasteiger partial charge in [0.1, 0.15) is 6.54 Å². The zero-order chi connectivity index (χ0) is 13.0. The Morgan fingerprint density at radius 3 is 2.72 bits per heavy atom. The van der Waals surface area contributed by atoms with Crippen LogP contribution < -0.4 is 5.73 Å². The van der Waals surface area contributed by atoms with Gasteiger partial charge in [-0.2, -0.15) is 4.80 Å². The number of halogens is 1. The number of hydrogen-bond acceptors (Lipinski definition) is 5. The van der Waals surface area contributed by atoms with E-state index in [1.54, 1.807) is 24.3 Å². The second kappa shape index (κ2) is 5.46. The van der Waals surface area contributed by atoms with Crippen molar-refractivity contribution in [2.45, 2.75) is 12.6 Å². The first kappa shape index (κ1) is 12.3. The average Bonchev–Trinajstić information content (AvgIpc) is 2.81. The van der Waals surface area contributed by atoms with E-state index < -0.39 is 12.2 Å². The Balaban J connectivity index is 2.19. The van der Waals surface area contributed by atoms with Crippen molar-refractivity contribution in [3.8, 4) is 0 Å². The van der Waals surface area contributed by atoms with E-state index in [9.17, 15) is 4.79 Å². The molecule has 0 aliphatic rings. The summed E-state index contributed by atoms with van der Waals surface area (Å²) in [6.45, 7) is 0.227. The zero-order valence-electron chi connectivity index (χ0n) is 9.23. The maximum atomic E-state index is 10.9. The molecule has 0 saturated heterocycles. The lowest BCUT2D eigenvalue weighted by molar-refractivity contribution is 0.0900. The van der Waals surface area contributed by atoms with Gasteiger partial charge < -0.3 is 10.5 Å². The van der Waals surface area contributed by atoms with Crippen LogP contribution in [0.3, 0.4) is 0 Å². The maximum absolute atomic E-state index is 10.9. The molecule has 0 saturated carbocycles. The van der Waals surface area contributed by atoms with Crippen molar-refractivity contribution in [2.75, 3.05) is 0 Å². The molecule has 18 heavy (non-hydrogen) atoms. The Morgan fingerprint density at radius 2 is 2.17 bits per heavy atom. The van der Waals surface area contributed by atoms with Gasteiger partial charge in [0, 0.05) is 5.02 Å². The minimum absolute atomic E-state index is 0.227. The van der Waals surface area contributed by atoms with E-state index in [2.05, 4.69) is 15.4 Å². The number of tetrazole rings is 1. The second-order valence-corrected chi connectivity index (χ2v) is 3.90. The number of ether oxygens (including phenoxy) is 1. The van der Waals surface area contributed by atoms with Crippen molar-refractivity contribution in [1.29, 1.82) is 0 Å². The van der Waals surface area contributed by atoms with Crippen molar-refractivity contribution in [1.82, 2.24) is 20.2 Å². The number of benzene rings is 1. The van der Waals surface area contributed by atoms with Gasteiger partial charge in [0.2, 0.25) is 0 Å². The minimum atomic E-state index is -0.866. The third-order valence-electron chi connectivity index (χ3n) is 2.22. The van der Waals surface area contributed by atoms with E-state index in [0.29, 0.717) is 5.02 Å². The first-order valence-corrected chi connectivity index (χ1v) is 5.45. The van der Waals surface area contributed by atoms with Gasteiger partial charge in [-0.05, 0) is 22.9 Å². The Kier molecular flexibility index (Phi) is 3.73. The maximum Gasteiger partial charge on any atom is 0.405 e. The SMILES string of the molecule is NC(=O)O[C@@H](Cn1ncnn1)c1ccc(Cl)cc1. The van der Waals surface area contributed by atoms with E-state index in [1.807, 2.05) is 0 Å². The number of primary amides is 1. The number of nitrogens with two attached hydrogens (primary N) is 1. The fraction of sp³-hybridized carbons (Fsp3) is 0.200. The molecule has 1 heterocycles. The third kappa shape index (κ3) is 3.17. The number of hydrogen-bond donors (Lipinski definition) is 1. The van der Waals surface area contributed by atoms with Crippen LogP contribution in [-0.4, -0.2) is 26.3 Å². The zero-order valence-corrected chi connectivity index (χ0v) is 9.99. The summed E-state index contributed by atoms with van der Waals surface area (Å²) in [6, 6.07) is 6.88. The lowest BCUT2D eigenvalue weighted by Crippen LogP contribution is -2.22. The highest BCUT2D eigenvalue weighted by atomic mass is 35.5. The summed E-state index contributed by atoms with van der Waals surface area (Å²) < 4.78 is 5.02. The molecular formula is C10H10ClN5O2. The Bertz CT molecular complexity index is 514. The molecule has 0 unspecified atom stereocenters. The van der Waals surface area contributed by atoms with Gasteiger partial charge in [0.25, 0.3) is 0 Å². The van der Waals surface area contributed by atoms with Crippen LogP contribution in [0.2, 0.25) is 5.02 Å². The monoisotopic (exact) mass is 267 g/mol. The molecule has 0 aliphatic heterocycles. The van der Waals surface area contributed by atoms with Gasteiger partial charge in [0.15, 0.2) is 12.4 Å². The van der Waals surface area contributed by atoms with E-state index in [-0.39, 0.29) is 6.54 Å². The highest BCUT2D eigenvalue weighted by Gasteiger charge is 2.17. The normalized spacial score (nSPS) is 12.1. The van der Waals surface area contributed by atoms with Gasteiger partial charge in [-0.1, -0.05) is 23.7 Å². The van der Waals surface area contributed by atoms with Crippen molar-refractivity contribution < 1.29 is 9.53 Å². The Morgan fingerprint density at radius 1 is 1.44 bits per heavy atom. The summed E-state index contributed by atoms with van der Waals surface area (Å²) in [6.07, 6.45) is -0.160. The van der Waals surface area contributed by atoms with Crippen LogP contribution in [0.4, 0.5) is 4.79 Å². The molecule has 7 nitrogen and oxygen atoms in total. The van der Waals surface area contributed by atoms with Crippen molar-refractivity contribution in [3.05, 3.63) is 41.2 Å². The van der Waals surface area contributed by atoms with Gasteiger partial charge in [-0.3, -0.25) is 0 Å². The number of rotatable bonds is 4. The molecule has 2 N–H and O–H groups in total.